The van der Waals surface area contributed by atoms with Crippen LogP contribution in [0.25, 0.3) is 111 Å². The van der Waals surface area contributed by atoms with Gasteiger partial charge in [0.15, 0.2) is 17.5 Å². The second-order valence-corrected chi connectivity index (χ2v) is 17.8. The van der Waals surface area contributed by atoms with E-state index in [0.29, 0.717) is 17.5 Å². The molecule has 4 heteroatoms. The Balaban J connectivity index is 1.03. The van der Waals surface area contributed by atoms with Crippen LogP contribution >= 0.6 is 0 Å². The standard InChI is InChI=1S/C64H39N3O/c1-4-18-40(19-5-1)45-26-12-13-28-51(45)61-65-62(52-30-16-29-46-48-35-34-41-20-10-11-25-44(41)47(48)36-37-49(46)52)67-63(66-61)53-31-17-33-58-60(53)55-38-54-50-27-14-15-32-56(50)64(42-21-6-2-7-22-42,43-23-8-3-9-24-43)57(54)39-59(55)68-58/h1-39H. The smallest absolute Gasteiger partial charge is 0.164 e. The Morgan fingerprint density at radius 1 is 0.294 bits per heavy atom. The molecular formula is C64H39N3O. The number of hydrogen-bond donors (Lipinski definition) is 0. The molecule has 0 bridgehead atoms. The number of hydrogen-bond acceptors (Lipinski definition) is 4. The van der Waals surface area contributed by atoms with Crippen LogP contribution in [0.2, 0.25) is 0 Å². The van der Waals surface area contributed by atoms with Crippen molar-refractivity contribution < 1.29 is 4.42 Å². The first-order chi connectivity index (χ1) is 33.7. The molecule has 2 heterocycles. The molecule has 4 nitrogen and oxygen atoms in total. The predicted molar refractivity (Wildman–Crippen MR) is 279 cm³/mol. The summed E-state index contributed by atoms with van der Waals surface area (Å²) in [5, 5.41) is 9.08. The summed E-state index contributed by atoms with van der Waals surface area (Å²) in [5.41, 5.74) is 13.2. The summed E-state index contributed by atoms with van der Waals surface area (Å²) in [6, 6.07) is 84.4. The van der Waals surface area contributed by atoms with Gasteiger partial charge in [-0.15, -0.1) is 0 Å². The van der Waals surface area contributed by atoms with Crippen LogP contribution in [0.4, 0.5) is 0 Å². The first kappa shape index (κ1) is 38.3. The number of nitrogens with zero attached hydrogens (tertiary/aromatic N) is 3. The molecule has 0 amide bonds. The lowest BCUT2D eigenvalue weighted by molar-refractivity contribution is 0.666. The zero-order chi connectivity index (χ0) is 44.8. The van der Waals surface area contributed by atoms with E-state index in [4.69, 9.17) is 19.4 Å². The highest BCUT2D eigenvalue weighted by atomic mass is 16.3. The third-order valence-electron chi connectivity index (χ3n) is 14.2. The summed E-state index contributed by atoms with van der Waals surface area (Å²) in [7, 11) is 0. The average Bonchev–Trinajstić information content (AvgIpc) is 3.93. The molecule has 68 heavy (non-hydrogen) atoms. The Morgan fingerprint density at radius 3 is 1.60 bits per heavy atom. The van der Waals surface area contributed by atoms with Crippen molar-refractivity contribution in [1.29, 1.82) is 0 Å². The molecule has 316 valence electrons. The number of rotatable bonds is 6. The monoisotopic (exact) mass is 865 g/mol. The lowest BCUT2D eigenvalue weighted by Crippen LogP contribution is -2.28. The molecule has 13 aromatic rings. The van der Waals surface area contributed by atoms with Gasteiger partial charge in [0, 0.05) is 27.5 Å². The second-order valence-electron chi connectivity index (χ2n) is 17.8. The third kappa shape index (κ3) is 5.64. The maximum atomic E-state index is 6.97. The fourth-order valence-corrected chi connectivity index (χ4v) is 11.3. The molecule has 0 fully saturated rings. The van der Waals surface area contributed by atoms with Crippen LogP contribution in [-0.4, -0.2) is 15.0 Å². The Labute approximate surface area is 392 Å². The highest BCUT2D eigenvalue weighted by molar-refractivity contribution is 6.19. The third-order valence-corrected chi connectivity index (χ3v) is 14.2. The SMILES string of the molecule is c1ccc(-c2ccccc2-c2nc(-c3cccc4c3ccc3c5ccccc5ccc43)nc(-c3cccc4oc5cc6c(cc5c34)-c3ccccc3C6(c3ccccc3)c3ccccc3)n2)cc1. The predicted octanol–water partition coefficient (Wildman–Crippen LogP) is 16.3. The van der Waals surface area contributed by atoms with E-state index in [1.54, 1.807) is 0 Å². The average molecular weight is 866 g/mol. The van der Waals surface area contributed by atoms with Gasteiger partial charge in [-0.1, -0.05) is 218 Å². The Kier molecular flexibility index (Phi) is 8.46. The maximum absolute atomic E-state index is 6.97. The molecular weight excluding hydrogens is 827 g/mol. The van der Waals surface area contributed by atoms with E-state index in [2.05, 4.69) is 231 Å². The zero-order valence-electron chi connectivity index (χ0n) is 36.8. The first-order valence-corrected chi connectivity index (χ1v) is 23.2. The Bertz CT molecular complexity index is 4100. The first-order valence-electron chi connectivity index (χ1n) is 23.2. The summed E-state index contributed by atoms with van der Waals surface area (Å²) in [6.07, 6.45) is 0. The zero-order valence-corrected chi connectivity index (χ0v) is 36.8. The highest BCUT2D eigenvalue weighted by Gasteiger charge is 2.46. The number of furan rings is 1. The maximum Gasteiger partial charge on any atom is 0.164 e. The van der Waals surface area contributed by atoms with E-state index in [1.165, 1.54) is 54.9 Å². The molecule has 11 aromatic carbocycles. The molecule has 0 saturated heterocycles. The molecule has 0 aliphatic heterocycles. The summed E-state index contributed by atoms with van der Waals surface area (Å²) >= 11 is 0. The second kappa shape index (κ2) is 15.0. The van der Waals surface area contributed by atoms with Crippen LogP contribution < -0.4 is 0 Å². The minimum atomic E-state index is -0.550. The normalized spacial score (nSPS) is 12.8. The molecule has 14 rings (SSSR count). The molecule has 0 atom stereocenters. The van der Waals surface area contributed by atoms with Gasteiger partial charge in [-0.3, -0.25) is 0 Å². The van der Waals surface area contributed by atoms with Crippen molar-refractivity contribution in [3.63, 3.8) is 0 Å². The Morgan fingerprint density at radius 2 is 0.824 bits per heavy atom. The van der Waals surface area contributed by atoms with Crippen molar-refractivity contribution in [2.45, 2.75) is 5.41 Å². The summed E-state index contributed by atoms with van der Waals surface area (Å²) in [5.74, 6) is 1.78. The van der Waals surface area contributed by atoms with Gasteiger partial charge in [-0.2, -0.15) is 0 Å². The van der Waals surface area contributed by atoms with Gasteiger partial charge in [-0.25, -0.2) is 15.0 Å². The summed E-state index contributed by atoms with van der Waals surface area (Å²) in [4.78, 5) is 16.3. The van der Waals surface area contributed by atoms with Crippen LogP contribution in [-0.2, 0) is 5.41 Å². The Hall–Kier alpha value is -8.99. The minimum Gasteiger partial charge on any atom is -0.456 e. The van der Waals surface area contributed by atoms with E-state index >= 15 is 0 Å². The molecule has 0 N–H and O–H groups in total. The van der Waals surface area contributed by atoms with Gasteiger partial charge in [0.05, 0.1) is 5.41 Å². The van der Waals surface area contributed by atoms with Crippen molar-refractivity contribution >= 4 is 54.3 Å². The van der Waals surface area contributed by atoms with E-state index in [1.807, 2.05) is 6.07 Å². The largest absolute Gasteiger partial charge is 0.456 e. The number of benzene rings is 11. The molecule has 2 aromatic heterocycles. The van der Waals surface area contributed by atoms with E-state index in [0.717, 1.165) is 60.5 Å². The van der Waals surface area contributed by atoms with Crippen molar-refractivity contribution in [3.05, 3.63) is 259 Å². The van der Waals surface area contributed by atoms with Crippen LogP contribution in [0.3, 0.4) is 0 Å². The lowest BCUT2D eigenvalue weighted by Gasteiger charge is -2.33. The van der Waals surface area contributed by atoms with Crippen molar-refractivity contribution in [2.75, 3.05) is 0 Å². The summed E-state index contributed by atoms with van der Waals surface area (Å²) < 4.78 is 6.97. The fourth-order valence-electron chi connectivity index (χ4n) is 11.3. The molecule has 0 unspecified atom stereocenters. The highest BCUT2D eigenvalue weighted by Crippen LogP contribution is 2.57. The van der Waals surface area contributed by atoms with E-state index < -0.39 is 5.41 Å². The minimum absolute atomic E-state index is 0.550. The van der Waals surface area contributed by atoms with Gasteiger partial charge < -0.3 is 4.42 Å². The van der Waals surface area contributed by atoms with Gasteiger partial charge >= 0.3 is 0 Å². The van der Waals surface area contributed by atoms with Crippen LogP contribution in [0.15, 0.2) is 241 Å². The van der Waals surface area contributed by atoms with Crippen molar-refractivity contribution in [3.8, 4) is 56.4 Å². The summed E-state index contributed by atoms with van der Waals surface area (Å²) in [6.45, 7) is 0. The van der Waals surface area contributed by atoms with Crippen LogP contribution in [0.5, 0.6) is 0 Å². The quantitative estimate of drug-likeness (QED) is 0.156. The number of fused-ring (bicyclic) bond motifs is 11. The molecule has 1 aliphatic carbocycles. The van der Waals surface area contributed by atoms with Gasteiger partial charge in [-0.05, 0) is 95.0 Å². The van der Waals surface area contributed by atoms with E-state index in [9.17, 15) is 0 Å². The molecule has 0 saturated carbocycles. The van der Waals surface area contributed by atoms with Crippen molar-refractivity contribution in [1.82, 2.24) is 15.0 Å². The molecule has 1 aliphatic rings. The topological polar surface area (TPSA) is 51.8 Å². The van der Waals surface area contributed by atoms with Crippen LogP contribution in [0.1, 0.15) is 22.3 Å². The van der Waals surface area contributed by atoms with Gasteiger partial charge in [0.2, 0.25) is 0 Å². The van der Waals surface area contributed by atoms with Crippen molar-refractivity contribution in [2.24, 2.45) is 0 Å². The van der Waals surface area contributed by atoms with Gasteiger partial charge in [0.25, 0.3) is 0 Å². The number of aromatic nitrogens is 3. The fraction of sp³-hybridized carbons (Fsp3) is 0.0156. The molecule has 0 radical (unpaired) electrons. The van der Waals surface area contributed by atoms with Crippen LogP contribution in [0, 0.1) is 0 Å². The van der Waals surface area contributed by atoms with E-state index in [-0.39, 0.29) is 0 Å². The molecule has 0 spiro atoms. The van der Waals surface area contributed by atoms with Gasteiger partial charge in [0.1, 0.15) is 11.2 Å². The lowest BCUT2D eigenvalue weighted by atomic mass is 9.67.